The third-order valence-corrected chi connectivity index (χ3v) is 7.75. The van der Waals surface area contributed by atoms with Crippen LogP contribution in [0.2, 0.25) is 0 Å². The van der Waals surface area contributed by atoms with Crippen molar-refractivity contribution in [3.8, 4) is 0 Å². The van der Waals surface area contributed by atoms with Crippen LogP contribution in [-0.2, 0) is 19.1 Å². The molecular formula is C36H68O5. The fourth-order valence-corrected chi connectivity index (χ4v) is 5.02. The molecule has 0 unspecified atom stereocenters. The van der Waals surface area contributed by atoms with Gasteiger partial charge in [-0.05, 0) is 38.5 Å². The molecule has 0 rings (SSSR count). The Morgan fingerprint density at radius 1 is 0.488 bits per heavy atom. The molecule has 5 heteroatoms. The Bertz CT molecular complexity index is 589. The van der Waals surface area contributed by atoms with Gasteiger partial charge < -0.3 is 14.6 Å². The van der Waals surface area contributed by atoms with Crippen molar-refractivity contribution in [2.45, 2.75) is 193 Å². The Morgan fingerprint density at radius 3 is 1.12 bits per heavy atom. The van der Waals surface area contributed by atoms with Crippen LogP contribution in [0.4, 0.5) is 0 Å². The van der Waals surface area contributed by atoms with Gasteiger partial charge in [-0.2, -0.15) is 0 Å². The Labute approximate surface area is 254 Å². The van der Waals surface area contributed by atoms with Gasteiger partial charge >= 0.3 is 11.9 Å². The van der Waals surface area contributed by atoms with Crippen molar-refractivity contribution in [1.29, 1.82) is 0 Å². The minimum atomic E-state index is -0.959. The van der Waals surface area contributed by atoms with E-state index >= 15 is 0 Å². The van der Waals surface area contributed by atoms with Gasteiger partial charge in [0.2, 0.25) is 0 Å². The van der Waals surface area contributed by atoms with E-state index in [-0.39, 0.29) is 25.2 Å². The van der Waals surface area contributed by atoms with E-state index in [4.69, 9.17) is 9.47 Å². The number of rotatable bonds is 32. The van der Waals surface area contributed by atoms with E-state index in [1.54, 1.807) is 0 Å². The van der Waals surface area contributed by atoms with E-state index in [1.807, 2.05) is 0 Å². The van der Waals surface area contributed by atoms with E-state index in [2.05, 4.69) is 26.0 Å². The molecule has 0 aromatic heterocycles. The molecule has 242 valence electrons. The largest absolute Gasteiger partial charge is 0.463 e. The number of carbonyl (C=O) groups excluding carboxylic acids is 2. The number of aliphatic hydroxyl groups excluding tert-OH is 1. The van der Waals surface area contributed by atoms with E-state index in [1.165, 1.54) is 122 Å². The Kier molecular flexibility index (Phi) is 32.0. The predicted octanol–water partition coefficient (Wildman–Crippen LogP) is 10.6. The maximum atomic E-state index is 11.9. The first-order chi connectivity index (χ1) is 20.1. The first-order valence-electron chi connectivity index (χ1n) is 17.7. The van der Waals surface area contributed by atoms with Crippen molar-refractivity contribution in [2.75, 3.05) is 13.2 Å². The van der Waals surface area contributed by atoms with E-state index in [0.717, 1.165) is 38.5 Å². The molecule has 1 atom stereocenters. The summed E-state index contributed by atoms with van der Waals surface area (Å²) in [7, 11) is 0. The van der Waals surface area contributed by atoms with Crippen LogP contribution in [-0.4, -0.2) is 36.4 Å². The average Bonchev–Trinajstić information content (AvgIpc) is 2.97. The van der Waals surface area contributed by atoms with Gasteiger partial charge in [-0.15, -0.1) is 0 Å². The molecule has 0 spiro atoms. The van der Waals surface area contributed by atoms with Crippen LogP contribution in [0.25, 0.3) is 0 Å². The zero-order valence-electron chi connectivity index (χ0n) is 27.3. The van der Waals surface area contributed by atoms with E-state index < -0.39 is 6.10 Å². The second kappa shape index (κ2) is 33.1. The molecule has 0 fully saturated rings. The van der Waals surface area contributed by atoms with E-state index in [0.29, 0.717) is 12.8 Å². The maximum absolute atomic E-state index is 11.9. The highest BCUT2D eigenvalue weighted by Crippen LogP contribution is 2.13. The summed E-state index contributed by atoms with van der Waals surface area (Å²) in [5.74, 6) is -0.569. The third kappa shape index (κ3) is 33.0. The summed E-state index contributed by atoms with van der Waals surface area (Å²) in [6.45, 7) is 4.28. The predicted molar refractivity (Wildman–Crippen MR) is 173 cm³/mol. The molecule has 0 saturated carbocycles. The van der Waals surface area contributed by atoms with Gasteiger partial charge in [0.05, 0.1) is 0 Å². The van der Waals surface area contributed by atoms with Crippen molar-refractivity contribution in [3.63, 3.8) is 0 Å². The highest BCUT2D eigenvalue weighted by atomic mass is 16.6. The van der Waals surface area contributed by atoms with Crippen LogP contribution >= 0.6 is 0 Å². The number of hydrogen-bond acceptors (Lipinski definition) is 5. The molecule has 0 aromatic carbocycles. The van der Waals surface area contributed by atoms with Crippen LogP contribution in [0.5, 0.6) is 0 Å². The van der Waals surface area contributed by atoms with Crippen LogP contribution in [0.15, 0.2) is 12.2 Å². The number of unbranched alkanes of at least 4 members (excludes halogenated alkanes) is 22. The molecule has 5 nitrogen and oxygen atoms in total. The topological polar surface area (TPSA) is 72.8 Å². The smallest absolute Gasteiger partial charge is 0.305 e. The zero-order chi connectivity index (χ0) is 30.1. The number of ether oxygens (including phenoxy) is 2. The Hall–Kier alpha value is -1.36. The molecule has 0 saturated heterocycles. The van der Waals surface area contributed by atoms with Crippen molar-refractivity contribution in [1.82, 2.24) is 0 Å². The molecular weight excluding hydrogens is 512 g/mol. The normalized spacial score (nSPS) is 12.2. The second-order valence-electron chi connectivity index (χ2n) is 12.0. The summed E-state index contributed by atoms with van der Waals surface area (Å²) in [6, 6.07) is 0. The standard InChI is InChI=1S/C36H68O5/c1-3-5-7-9-11-13-15-17-18-19-21-23-25-27-29-31-36(39)41-33-34(37)32-40-35(38)30-28-26-24-22-20-16-14-12-10-8-6-4-2/h17-18,34,37H,3-16,19-33H2,1-2H3/b18-17-/t34-/m1/s1. The summed E-state index contributed by atoms with van der Waals surface area (Å²) in [5, 5.41) is 9.96. The fourth-order valence-electron chi connectivity index (χ4n) is 5.02. The fraction of sp³-hybridized carbons (Fsp3) is 0.889. The average molecular weight is 581 g/mol. The lowest BCUT2D eigenvalue weighted by molar-refractivity contribution is -0.152. The van der Waals surface area contributed by atoms with E-state index in [9.17, 15) is 14.7 Å². The zero-order valence-corrected chi connectivity index (χ0v) is 27.3. The van der Waals surface area contributed by atoms with Gasteiger partial charge in [0.15, 0.2) is 0 Å². The molecule has 0 amide bonds. The first kappa shape index (κ1) is 39.6. The third-order valence-electron chi connectivity index (χ3n) is 7.75. The molecule has 0 bridgehead atoms. The first-order valence-corrected chi connectivity index (χ1v) is 17.7. The van der Waals surface area contributed by atoms with Crippen molar-refractivity contribution >= 4 is 11.9 Å². The van der Waals surface area contributed by atoms with Gasteiger partial charge in [-0.25, -0.2) is 0 Å². The molecule has 0 aromatic rings. The lowest BCUT2D eigenvalue weighted by Crippen LogP contribution is -2.25. The monoisotopic (exact) mass is 581 g/mol. The van der Waals surface area contributed by atoms with Crippen molar-refractivity contribution in [2.24, 2.45) is 0 Å². The van der Waals surface area contributed by atoms with Crippen molar-refractivity contribution < 1.29 is 24.2 Å². The Balaban J connectivity index is 3.43. The highest BCUT2D eigenvalue weighted by molar-refractivity contribution is 5.69. The lowest BCUT2D eigenvalue weighted by atomic mass is 10.0. The van der Waals surface area contributed by atoms with Crippen LogP contribution in [0.3, 0.4) is 0 Å². The van der Waals surface area contributed by atoms with Gasteiger partial charge in [0.25, 0.3) is 0 Å². The number of carbonyl (C=O) groups is 2. The number of allylic oxidation sites excluding steroid dienone is 2. The van der Waals surface area contributed by atoms with Crippen LogP contribution in [0, 0.1) is 0 Å². The summed E-state index contributed by atoms with van der Waals surface area (Å²) in [4.78, 5) is 23.8. The Morgan fingerprint density at radius 2 is 0.780 bits per heavy atom. The van der Waals surface area contributed by atoms with Gasteiger partial charge in [0.1, 0.15) is 19.3 Å². The molecule has 41 heavy (non-hydrogen) atoms. The molecule has 0 aliphatic heterocycles. The summed E-state index contributed by atoms with van der Waals surface area (Å²) < 4.78 is 10.3. The maximum Gasteiger partial charge on any atom is 0.305 e. The minimum Gasteiger partial charge on any atom is -0.463 e. The number of aliphatic hydroxyl groups is 1. The van der Waals surface area contributed by atoms with Gasteiger partial charge in [-0.1, -0.05) is 148 Å². The summed E-state index contributed by atoms with van der Waals surface area (Å²) in [5.41, 5.74) is 0. The number of hydrogen-bond donors (Lipinski definition) is 1. The molecule has 0 radical (unpaired) electrons. The molecule has 0 aliphatic rings. The summed E-state index contributed by atoms with van der Waals surface area (Å²) in [6.07, 6.45) is 35.4. The lowest BCUT2D eigenvalue weighted by Gasteiger charge is -2.12. The molecule has 1 N–H and O–H groups in total. The van der Waals surface area contributed by atoms with Crippen LogP contribution in [0.1, 0.15) is 187 Å². The molecule has 0 heterocycles. The minimum absolute atomic E-state index is 0.113. The SMILES string of the molecule is CCCCCCCC/C=C\CCCCCCCC(=O)OC[C@H](O)COC(=O)CCCCCCCCCCCCCC. The quantitative estimate of drug-likeness (QED) is 0.0487. The second-order valence-corrected chi connectivity index (χ2v) is 12.0. The summed E-state index contributed by atoms with van der Waals surface area (Å²) >= 11 is 0. The van der Waals surface area contributed by atoms with Gasteiger partial charge in [-0.3, -0.25) is 9.59 Å². The number of esters is 2. The highest BCUT2D eigenvalue weighted by Gasteiger charge is 2.12. The van der Waals surface area contributed by atoms with Crippen LogP contribution < -0.4 is 0 Å². The van der Waals surface area contributed by atoms with Gasteiger partial charge in [0, 0.05) is 12.8 Å². The molecule has 0 aliphatic carbocycles. The van der Waals surface area contributed by atoms with Crippen molar-refractivity contribution in [3.05, 3.63) is 12.2 Å².